The second-order valence-electron chi connectivity index (χ2n) is 25.9. The van der Waals surface area contributed by atoms with Gasteiger partial charge in [-0.2, -0.15) is 0 Å². The maximum Gasteiger partial charge on any atom is 0.472 e. The second kappa shape index (κ2) is 61.3. The third-order valence-corrected chi connectivity index (χ3v) is 17.9. The first-order chi connectivity index (χ1) is 42.4. The lowest BCUT2D eigenvalue weighted by molar-refractivity contribution is -0.161. The number of unbranched alkanes of at least 4 members (excludes halogenated alkanes) is 38. The van der Waals surface area contributed by atoms with Crippen LogP contribution in [-0.4, -0.2) is 96.7 Å². The second-order valence-corrected chi connectivity index (χ2v) is 28.8. The summed E-state index contributed by atoms with van der Waals surface area (Å²) in [5.41, 5.74) is 0. The summed E-state index contributed by atoms with van der Waals surface area (Å²) in [7, 11) is -9.89. The van der Waals surface area contributed by atoms with Crippen molar-refractivity contribution in [3.8, 4) is 0 Å². The van der Waals surface area contributed by atoms with Gasteiger partial charge in [0.2, 0.25) is 0 Å². The molecule has 0 heterocycles. The van der Waals surface area contributed by atoms with E-state index >= 15 is 0 Å². The number of esters is 4. The first-order valence-corrected chi connectivity index (χ1v) is 39.0. The molecule has 2 unspecified atom stereocenters. The highest BCUT2D eigenvalue weighted by Crippen LogP contribution is 2.45. The van der Waals surface area contributed by atoms with Crippen molar-refractivity contribution in [3.63, 3.8) is 0 Å². The number of carbonyl (C=O) groups excluding carboxylic acids is 4. The normalized spacial score (nSPS) is 14.2. The molecule has 0 spiro atoms. The number of phosphoric acid groups is 2. The van der Waals surface area contributed by atoms with Crippen LogP contribution in [0, 0.1) is 11.8 Å². The molecular weight excluding hydrogens is 1160 g/mol. The van der Waals surface area contributed by atoms with E-state index in [4.69, 9.17) is 37.0 Å². The van der Waals surface area contributed by atoms with Crippen LogP contribution in [0.25, 0.3) is 0 Å². The lowest BCUT2D eigenvalue weighted by atomic mass is 10.0. The maximum atomic E-state index is 13.0. The van der Waals surface area contributed by atoms with Gasteiger partial charge < -0.3 is 33.8 Å². The molecule has 19 heteroatoms. The molecule has 0 aromatic heterocycles. The van der Waals surface area contributed by atoms with Crippen LogP contribution >= 0.6 is 15.6 Å². The van der Waals surface area contributed by atoms with E-state index in [1.165, 1.54) is 161 Å². The Morgan fingerprint density at radius 3 is 0.773 bits per heavy atom. The summed E-state index contributed by atoms with van der Waals surface area (Å²) in [4.78, 5) is 72.4. The van der Waals surface area contributed by atoms with E-state index in [0.717, 1.165) is 108 Å². The van der Waals surface area contributed by atoms with Gasteiger partial charge in [-0.1, -0.05) is 298 Å². The molecule has 17 nitrogen and oxygen atoms in total. The van der Waals surface area contributed by atoms with Gasteiger partial charge in [-0.3, -0.25) is 37.3 Å². The van der Waals surface area contributed by atoms with Gasteiger partial charge in [0.1, 0.15) is 19.3 Å². The number of hydrogen-bond acceptors (Lipinski definition) is 15. The van der Waals surface area contributed by atoms with E-state index in [1.54, 1.807) is 0 Å². The highest BCUT2D eigenvalue weighted by atomic mass is 31.2. The third kappa shape index (κ3) is 62.8. The number of aliphatic hydroxyl groups excluding tert-OH is 1. The molecule has 0 saturated carbocycles. The minimum absolute atomic E-state index is 0.105. The molecule has 0 radical (unpaired) electrons. The first-order valence-electron chi connectivity index (χ1n) is 36.0. The monoisotopic (exact) mass is 1300 g/mol. The van der Waals surface area contributed by atoms with E-state index in [0.29, 0.717) is 25.7 Å². The van der Waals surface area contributed by atoms with Crippen molar-refractivity contribution in [2.75, 3.05) is 39.6 Å². The predicted molar refractivity (Wildman–Crippen MR) is 354 cm³/mol. The van der Waals surface area contributed by atoms with Crippen LogP contribution in [0.4, 0.5) is 0 Å². The maximum absolute atomic E-state index is 13.0. The molecule has 522 valence electrons. The zero-order chi connectivity index (χ0) is 65.0. The Morgan fingerprint density at radius 2 is 0.523 bits per heavy atom. The quantitative estimate of drug-likeness (QED) is 0.0222. The summed E-state index contributed by atoms with van der Waals surface area (Å²) in [6.07, 6.45) is 45.8. The highest BCUT2D eigenvalue weighted by molar-refractivity contribution is 7.47. The molecule has 0 aliphatic carbocycles. The Balaban J connectivity index is 5.23. The first kappa shape index (κ1) is 86.1. The van der Waals surface area contributed by atoms with Crippen LogP contribution in [-0.2, 0) is 65.4 Å². The van der Waals surface area contributed by atoms with Crippen molar-refractivity contribution in [2.24, 2.45) is 11.8 Å². The minimum atomic E-state index is -4.95. The zero-order valence-electron chi connectivity index (χ0n) is 57.0. The van der Waals surface area contributed by atoms with E-state index in [2.05, 4.69) is 41.5 Å². The molecule has 3 N–H and O–H groups in total. The van der Waals surface area contributed by atoms with Crippen LogP contribution in [0.5, 0.6) is 0 Å². The largest absolute Gasteiger partial charge is 0.472 e. The Bertz CT molecular complexity index is 1720. The van der Waals surface area contributed by atoms with Gasteiger partial charge in [0.05, 0.1) is 26.4 Å². The van der Waals surface area contributed by atoms with Gasteiger partial charge in [0.25, 0.3) is 0 Å². The van der Waals surface area contributed by atoms with Crippen molar-refractivity contribution in [1.29, 1.82) is 0 Å². The summed E-state index contributed by atoms with van der Waals surface area (Å²) >= 11 is 0. The number of phosphoric ester groups is 2. The van der Waals surface area contributed by atoms with Crippen molar-refractivity contribution >= 4 is 39.5 Å². The van der Waals surface area contributed by atoms with E-state index in [-0.39, 0.29) is 25.7 Å². The zero-order valence-corrected chi connectivity index (χ0v) is 58.8. The van der Waals surface area contributed by atoms with E-state index < -0.39 is 97.5 Å². The Morgan fingerprint density at radius 1 is 0.307 bits per heavy atom. The summed E-state index contributed by atoms with van der Waals surface area (Å²) in [6.45, 7) is 9.49. The van der Waals surface area contributed by atoms with Gasteiger partial charge in [-0.05, 0) is 37.5 Å². The van der Waals surface area contributed by atoms with E-state index in [1.807, 2.05) is 0 Å². The summed E-state index contributed by atoms with van der Waals surface area (Å²) in [6, 6.07) is 0. The number of rotatable bonds is 68. The number of hydrogen-bond donors (Lipinski definition) is 3. The van der Waals surface area contributed by atoms with Gasteiger partial charge in [-0.25, -0.2) is 9.13 Å². The SMILES string of the molecule is CCCCCCCCCCCCCCCCCC(=O)O[C@H](COC(=O)CCCCCCCCCCCCC(C)C)COP(=O)(O)OC[C@@H](O)COP(=O)(O)OC[C@@H](COC(=O)CCCCCCCCCC)OC(=O)CCCCCCCCCCCC(C)C. The van der Waals surface area contributed by atoms with Gasteiger partial charge in [0.15, 0.2) is 12.2 Å². The van der Waals surface area contributed by atoms with Crippen molar-refractivity contribution in [1.82, 2.24) is 0 Å². The summed E-state index contributed by atoms with van der Waals surface area (Å²) in [5, 5.41) is 10.6. The van der Waals surface area contributed by atoms with Gasteiger partial charge in [0, 0.05) is 25.7 Å². The lowest BCUT2D eigenvalue weighted by Crippen LogP contribution is -2.30. The molecule has 0 saturated heterocycles. The molecule has 0 aliphatic heterocycles. The van der Waals surface area contributed by atoms with Crippen molar-refractivity contribution in [2.45, 2.75) is 368 Å². The van der Waals surface area contributed by atoms with Gasteiger partial charge >= 0.3 is 39.5 Å². The van der Waals surface area contributed by atoms with Crippen molar-refractivity contribution < 1.29 is 80.2 Å². The highest BCUT2D eigenvalue weighted by Gasteiger charge is 2.30. The molecule has 0 fully saturated rings. The molecule has 0 aromatic rings. The minimum Gasteiger partial charge on any atom is -0.462 e. The Hall–Kier alpha value is -1.94. The molecule has 0 aromatic carbocycles. The number of carbonyl (C=O) groups is 4. The lowest BCUT2D eigenvalue weighted by Gasteiger charge is -2.21. The summed E-state index contributed by atoms with van der Waals surface area (Å²) in [5.74, 6) is -0.632. The van der Waals surface area contributed by atoms with Crippen LogP contribution in [0.3, 0.4) is 0 Å². The standard InChI is InChI=1S/C69H134O17P2/c1-7-9-11-13-15-17-18-19-20-21-22-29-35-41-47-53-68(73)85-65(58-80-67(72)52-46-40-34-28-24-23-26-31-37-43-49-61(3)4)60-84-88(77,78)82-56-63(70)55-81-87(75,76)83-59-64(57-79-66(71)51-45-39-33-16-14-12-10-8-2)86-69(74)54-48-42-36-30-25-27-32-38-44-50-62(5)6/h61-65,70H,7-60H2,1-6H3,(H,75,76)(H,77,78)/t63-,64+,65+/m0/s1. The molecule has 5 atom stereocenters. The average Bonchev–Trinajstić information content (AvgIpc) is 3.69. The van der Waals surface area contributed by atoms with Crippen LogP contribution in [0.15, 0.2) is 0 Å². The smallest absolute Gasteiger partial charge is 0.462 e. The van der Waals surface area contributed by atoms with Crippen molar-refractivity contribution in [3.05, 3.63) is 0 Å². The fourth-order valence-corrected chi connectivity index (χ4v) is 12.0. The molecular formula is C69H134O17P2. The van der Waals surface area contributed by atoms with Crippen LogP contribution in [0.1, 0.15) is 350 Å². The molecule has 0 aliphatic rings. The molecule has 0 amide bonds. The Kier molecular flexibility index (Phi) is 59.9. The summed E-state index contributed by atoms with van der Waals surface area (Å²) < 4.78 is 68.2. The van der Waals surface area contributed by atoms with Gasteiger partial charge in [-0.15, -0.1) is 0 Å². The Labute approximate surface area is 537 Å². The molecule has 0 bridgehead atoms. The fourth-order valence-electron chi connectivity index (χ4n) is 10.4. The number of ether oxygens (including phenoxy) is 4. The topological polar surface area (TPSA) is 237 Å². The predicted octanol–water partition coefficient (Wildman–Crippen LogP) is 19.6. The molecule has 0 rings (SSSR count). The molecule has 88 heavy (non-hydrogen) atoms. The van der Waals surface area contributed by atoms with Crippen LogP contribution < -0.4 is 0 Å². The fraction of sp³-hybridized carbons (Fsp3) is 0.942. The average molecular weight is 1300 g/mol. The number of aliphatic hydroxyl groups is 1. The van der Waals surface area contributed by atoms with E-state index in [9.17, 15) is 43.2 Å². The third-order valence-electron chi connectivity index (χ3n) is 16.0. The van der Waals surface area contributed by atoms with Crippen LogP contribution in [0.2, 0.25) is 0 Å².